The van der Waals surface area contributed by atoms with Crippen molar-refractivity contribution in [3.63, 3.8) is 0 Å². The SMILES string of the molecule is CCNc1ccc(-c2[nH]c3cc(C(=O)NCCOCCOC(=O)CCCC[C@@H]4SC[C@@H]5NC(=O)N[C@@H]54)ccc3c(=O)c2O)cc1[N+](=O)[O-]. The third kappa shape index (κ3) is 8.17. The van der Waals surface area contributed by atoms with E-state index in [1.54, 1.807) is 13.0 Å². The lowest BCUT2D eigenvalue weighted by molar-refractivity contribution is -0.383. The molecule has 2 aliphatic rings. The van der Waals surface area contributed by atoms with E-state index < -0.39 is 22.0 Å². The summed E-state index contributed by atoms with van der Waals surface area (Å²) in [4.78, 5) is 63.2. The number of nitro benzene ring substituents is 1. The van der Waals surface area contributed by atoms with Gasteiger partial charge in [0.15, 0.2) is 5.75 Å². The summed E-state index contributed by atoms with van der Waals surface area (Å²) in [5.74, 6) is -0.410. The Hall–Kier alpha value is -4.83. The average Bonchev–Trinajstić information content (AvgIpc) is 3.63. The van der Waals surface area contributed by atoms with E-state index in [0.717, 1.165) is 18.6 Å². The van der Waals surface area contributed by atoms with Gasteiger partial charge >= 0.3 is 12.0 Å². The largest absolute Gasteiger partial charge is 0.503 e. The molecule has 6 N–H and O–H groups in total. The molecule has 3 amide bonds. The van der Waals surface area contributed by atoms with Crippen molar-refractivity contribution in [2.75, 3.05) is 44.0 Å². The van der Waals surface area contributed by atoms with Crippen LogP contribution in [0, 0.1) is 10.1 Å². The number of hydrogen-bond donors (Lipinski definition) is 6. The standard InChI is InChI=1S/C32H38N6O9S/c1-2-33-21-10-8-18(16-24(21)38(44)45)27-30(41)29(40)20-9-7-19(15-22(20)35-27)31(42)34-11-12-46-13-14-47-26(39)6-4-3-5-25-28-23(17-48-25)36-32(43)37-28/h7-10,15-16,23,25,28,33,41H,2-6,11-14,17H2,1H3,(H,34,42)(H,35,40)(H2,36,37,43)/t23-,25-,28-/m0/s1. The number of aromatic nitrogens is 1. The number of anilines is 1. The molecule has 3 aromatic rings. The number of carbonyl (C=O) groups excluding carboxylic acids is 3. The number of pyridine rings is 1. The van der Waals surface area contributed by atoms with Gasteiger partial charge < -0.3 is 40.8 Å². The number of nitrogens with zero attached hydrogens (tertiary/aromatic N) is 1. The van der Waals surface area contributed by atoms with Crippen molar-refractivity contribution in [1.29, 1.82) is 0 Å². The molecule has 0 aliphatic carbocycles. The summed E-state index contributed by atoms with van der Waals surface area (Å²) in [6.45, 7) is 2.90. The number of aromatic amines is 1. The predicted molar refractivity (Wildman–Crippen MR) is 181 cm³/mol. The van der Waals surface area contributed by atoms with E-state index in [1.807, 2.05) is 11.8 Å². The zero-order valence-corrected chi connectivity index (χ0v) is 27.2. The van der Waals surface area contributed by atoms with Gasteiger partial charge in [0.25, 0.3) is 11.6 Å². The first-order valence-corrected chi connectivity index (χ1v) is 16.8. The number of nitro groups is 1. The van der Waals surface area contributed by atoms with Crippen molar-refractivity contribution in [3.05, 3.63) is 62.3 Å². The number of urea groups is 1. The molecule has 2 saturated heterocycles. The Kier molecular flexibility index (Phi) is 11.4. The van der Waals surface area contributed by atoms with Gasteiger partial charge in [-0.05, 0) is 44.0 Å². The van der Waals surface area contributed by atoms with Crippen LogP contribution in [0.4, 0.5) is 16.2 Å². The summed E-state index contributed by atoms with van der Waals surface area (Å²) < 4.78 is 10.7. The Bertz CT molecular complexity index is 1750. The summed E-state index contributed by atoms with van der Waals surface area (Å²) >= 11 is 1.85. The van der Waals surface area contributed by atoms with E-state index >= 15 is 0 Å². The fourth-order valence-electron chi connectivity index (χ4n) is 5.79. The summed E-state index contributed by atoms with van der Waals surface area (Å²) in [7, 11) is 0. The van der Waals surface area contributed by atoms with Crippen LogP contribution in [-0.2, 0) is 14.3 Å². The number of esters is 1. The fourth-order valence-corrected chi connectivity index (χ4v) is 7.34. The lowest BCUT2D eigenvalue weighted by Gasteiger charge is -2.16. The molecule has 1 aromatic heterocycles. The highest BCUT2D eigenvalue weighted by atomic mass is 32.2. The quantitative estimate of drug-likeness (QED) is 0.0424. The highest BCUT2D eigenvalue weighted by Gasteiger charge is 2.42. The number of fused-ring (bicyclic) bond motifs is 2. The van der Waals surface area contributed by atoms with Crippen LogP contribution in [0.3, 0.4) is 0 Å². The van der Waals surface area contributed by atoms with Crippen molar-refractivity contribution in [2.45, 2.75) is 49.9 Å². The topological polar surface area (TPSA) is 214 Å². The maximum Gasteiger partial charge on any atom is 0.315 e. The monoisotopic (exact) mass is 682 g/mol. The molecule has 3 atom stereocenters. The maximum absolute atomic E-state index is 12.9. The van der Waals surface area contributed by atoms with Crippen LogP contribution in [-0.4, -0.2) is 88.9 Å². The van der Waals surface area contributed by atoms with Crippen LogP contribution in [0.25, 0.3) is 22.2 Å². The van der Waals surface area contributed by atoms with E-state index in [2.05, 4.69) is 26.3 Å². The van der Waals surface area contributed by atoms with Gasteiger partial charge in [-0.1, -0.05) is 12.5 Å². The summed E-state index contributed by atoms with van der Waals surface area (Å²) in [5, 5.41) is 34.3. The molecule has 0 radical (unpaired) electrons. The zero-order chi connectivity index (χ0) is 34.2. The maximum atomic E-state index is 12.9. The van der Waals surface area contributed by atoms with E-state index in [0.29, 0.717) is 30.3 Å². The molecule has 2 fully saturated rings. The molecule has 2 aliphatic heterocycles. The number of hydrogen-bond acceptors (Lipinski definition) is 11. The van der Waals surface area contributed by atoms with E-state index in [1.165, 1.54) is 30.3 Å². The highest BCUT2D eigenvalue weighted by Crippen LogP contribution is 2.34. The van der Waals surface area contributed by atoms with Gasteiger partial charge in [0.1, 0.15) is 12.3 Å². The lowest BCUT2D eigenvalue weighted by Crippen LogP contribution is -2.36. The van der Waals surface area contributed by atoms with Crippen LogP contribution in [0.5, 0.6) is 5.75 Å². The second-order valence-corrected chi connectivity index (χ2v) is 12.7. The van der Waals surface area contributed by atoms with Gasteiger partial charge in [-0.3, -0.25) is 24.5 Å². The Balaban J connectivity index is 1.04. The fraction of sp³-hybridized carbons (Fsp3) is 0.438. The molecular weight excluding hydrogens is 644 g/mol. The molecule has 2 aromatic carbocycles. The van der Waals surface area contributed by atoms with E-state index in [4.69, 9.17) is 9.47 Å². The molecule has 3 heterocycles. The van der Waals surface area contributed by atoms with Crippen LogP contribution in [0.1, 0.15) is 43.0 Å². The first-order valence-electron chi connectivity index (χ1n) is 15.8. The van der Waals surface area contributed by atoms with Crippen molar-refractivity contribution in [2.24, 2.45) is 0 Å². The molecule has 0 saturated carbocycles. The molecule has 0 bridgehead atoms. The molecular formula is C32H38N6O9S. The van der Waals surface area contributed by atoms with Gasteiger partial charge in [0, 0.05) is 53.1 Å². The minimum Gasteiger partial charge on any atom is -0.503 e. The first-order chi connectivity index (χ1) is 23.2. The normalized spacial score (nSPS) is 18.2. The average molecular weight is 683 g/mol. The van der Waals surface area contributed by atoms with Crippen molar-refractivity contribution < 1.29 is 33.9 Å². The Labute approximate surface area is 279 Å². The Morgan fingerprint density at radius 2 is 1.94 bits per heavy atom. The highest BCUT2D eigenvalue weighted by molar-refractivity contribution is 8.00. The molecule has 48 heavy (non-hydrogen) atoms. The number of carbonyl (C=O) groups is 3. The van der Waals surface area contributed by atoms with Gasteiger partial charge in [-0.25, -0.2) is 4.79 Å². The molecule has 0 unspecified atom stereocenters. The number of unbranched alkanes of at least 4 members (excludes halogenated alkanes) is 1. The number of thioether (sulfide) groups is 1. The van der Waals surface area contributed by atoms with Gasteiger partial charge in [0.05, 0.1) is 41.4 Å². The number of H-pyrrole nitrogens is 1. The third-order valence-corrected chi connectivity index (χ3v) is 9.68. The second-order valence-electron chi connectivity index (χ2n) is 11.4. The smallest absolute Gasteiger partial charge is 0.315 e. The van der Waals surface area contributed by atoms with Crippen LogP contribution in [0.15, 0.2) is 41.2 Å². The van der Waals surface area contributed by atoms with Crippen LogP contribution < -0.4 is 26.7 Å². The third-order valence-electron chi connectivity index (χ3n) is 8.17. The molecule has 15 nitrogen and oxygen atoms in total. The summed E-state index contributed by atoms with van der Waals surface area (Å²) in [5.41, 5.74) is 0.134. The second kappa shape index (κ2) is 15.8. The number of nitrogens with one attached hydrogen (secondary N) is 5. The molecule has 5 rings (SSSR count). The summed E-state index contributed by atoms with van der Waals surface area (Å²) in [6.07, 6.45) is 2.82. The molecule has 16 heteroatoms. The number of aromatic hydroxyl groups is 1. The number of amides is 3. The van der Waals surface area contributed by atoms with Gasteiger partial charge in [0.2, 0.25) is 5.43 Å². The summed E-state index contributed by atoms with van der Waals surface area (Å²) in [6, 6.07) is 8.88. The Morgan fingerprint density at radius 1 is 1.10 bits per heavy atom. The van der Waals surface area contributed by atoms with Crippen molar-refractivity contribution in [1.82, 2.24) is 20.9 Å². The number of benzene rings is 2. The van der Waals surface area contributed by atoms with Gasteiger partial charge in [-0.15, -0.1) is 0 Å². The van der Waals surface area contributed by atoms with Crippen molar-refractivity contribution in [3.8, 4) is 17.0 Å². The molecule has 256 valence electrons. The number of ether oxygens (including phenoxy) is 2. The van der Waals surface area contributed by atoms with Crippen LogP contribution in [0.2, 0.25) is 0 Å². The van der Waals surface area contributed by atoms with Gasteiger partial charge in [-0.2, -0.15) is 11.8 Å². The van der Waals surface area contributed by atoms with Crippen LogP contribution >= 0.6 is 11.8 Å². The van der Waals surface area contributed by atoms with E-state index in [-0.39, 0.29) is 83.9 Å². The molecule has 0 spiro atoms. The first kappa shape index (κ1) is 34.5. The zero-order valence-electron chi connectivity index (χ0n) is 26.3. The van der Waals surface area contributed by atoms with Crippen molar-refractivity contribution >= 4 is 51.9 Å². The lowest BCUT2D eigenvalue weighted by atomic mass is 10.0. The van der Waals surface area contributed by atoms with E-state index in [9.17, 15) is 34.4 Å². The Morgan fingerprint density at radius 3 is 2.73 bits per heavy atom. The predicted octanol–water partition coefficient (Wildman–Crippen LogP) is 3.26. The number of rotatable bonds is 16. The minimum absolute atomic E-state index is 0.00968. The minimum atomic E-state index is -0.683.